The summed E-state index contributed by atoms with van der Waals surface area (Å²) in [7, 11) is 0. The number of alkyl carbamates (subject to hydrolysis) is 1. The van der Waals surface area contributed by atoms with E-state index >= 15 is 0 Å². The van der Waals surface area contributed by atoms with E-state index in [0.29, 0.717) is 43.3 Å². The van der Waals surface area contributed by atoms with Crippen molar-refractivity contribution >= 4 is 23.6 Å². The van der Waals surface area contributed by atoms with E-state index < -0.39 is 6.09 Å². The summed E-state index contributed by atoms with van der Waals surface area (Å²) in [6.45, 7) is 1.38. The topological polar surface area (TPSA) is 76.7 Å². The normalized spacial score (nSPS) is 10.1. The van der Waals surface area contributed by atoms with E-state index in [4.69, 9.17) is 21.1 Å². The molecule has 0 aromatic heterocycles. The number of carbonyl (C=O) groups excluding carboxylic acids is 2. The van der Waals surface area contributed by atoms with Crippen LogP contribution in [0.25, 0.3) is 0 Å². The summed E-state index contributed by atoms with van der Waals surface area (Å²) < 4.78 is 10.6. The predicted octanol–water partition coefficient (Wildman–Crippen LogP) is 3.54. The minimum atomic E-state index is -0.490. The van der Waals surface area contributed by atoms with Crippen molar-refractivity contribution < 1.29 is 19.1 Å². The minimum Gasteiger partial charge on any atom is -0.492 e. The number of hydrogen-bond acceptors (Lipinski definition) is 4. The van der Waals surface area contributed by atoms with Crippen molar-refractivity contribution in [2.75, 3.05) is 19.7 Å². The zero-order chi connectivity index (χ0) is 19.3. The second-order valence-electron chi connectivity index (χ2n) is 5.74. The van der Waals surface area contributed by atoms with E-state index in [-0.39, 0.29) is 12.5 Å². The summed E-state index contributed by atoms with van der Waals surface area (Å²) in [6.07, 6.45) is 0.361. The van der Waals surface area contributed by atoms with Gasteiger partial charge >= 0.3 is 6.09 Å². The van der Waals surface area contributed by atoms with Gasteiger partial charge in [0.25, 0.3) is 0 Å². The van der Waals surface area contributed by atoms with Gasteiger partial charge in [-0.15, -0.1) is 0 Å². The van der Waals surface area contributed by atoms with Gasteiger partial charge in [0.05, 0.1) is 6.54 Å². The molecule has 7 heteroatoms. The first kappa shape index (κ1) is 20.6. The average Bonchev–Trinajstić information content (AvgIpc) is 2.69. The summed E-state index contributed by atoms with van der Waals surface area (Å²) in [5, 5.41) is 6.04. The Kier molecular flexibility index (Phi) is 9.00. The molecule has 2 aromatic carbocycles. The third kappa shape index (κ3) is 8.96. The van der Waals surface area contributed by atoms with E-state index in [9.17, 15) is 9.59 Å². The maximum atomic E-state index is 11.7. The van der Waals surface area contributed by atoms with Crippen LogP contribution < -0.4 is 15.4 Å². The molecule has 0 saturated carbocycles. The largest absolute Gasteiger partial charge is 0.492 e. The zero-order valence-electron chi connectivity index (χ0n) is 14.9. The molecule has 2 N–H and O–H groups in total. The minimum absolute atomic E-state index is 0.0887. The first-order valence-electron chi connectivity index (χ1n) is 8.73. The van der Waals surface area contributed by atoms with Crippen LogP contribution in [0.5, 0.6) is 5.75 Å². The number of benzene rings is 2. The molecule has 0 atom stereocenters. The van der Waals surface area contributed by atoms with Gasteiger partial charge in [-0.2, -0.15) is 0 Å². The number of amides is 2. The fourth-order valence-electron chi connectivity index (χ4n) is 2.19. The summed E-state index contributed by atoms with van der Waals surface area (Å²) >= 11 is 5.79. The Labute approximate surface area is 163 Å². The molecule has 2 aromatic rings. The van der Waals surface area contributed by atoms with Crippen LogP contribution in [0, 0.1) is 0 Å². The summed E-state index contributed by atoms with van der Waals surface area (Å²) in [5.41, 5.74) is 0.924. The Bertz CT molecular complexity index is 708. The number of rotatable bonds is 10. The standard InChI is InChI=1S/C20H23ClN2O4/c21-17-8-10-18(11-9-17)26-14-13-22-19(24)7-4-12-23-20(25)27-15-16-5-2-1-3-6-16/h1-3,5-6,8-11H,4,7,12-15H2,(H,22,24)(H,23,25). The molecule has 0 aliphatic rings. The molecule has 2 amide bonds. The molecule has 0 aliphatic carbocycles. The fourth-order valence-corrected chi connectivity index (χ4v) is 2.32. The first-order chi connectivity index (χ1) is 13.1. The Balaban J connectivity index is 1.47. The van der Waals surface area contributed by atoms with Gasteiger partial charge in [0.15, 0.2) is 0 Å². The van der Waals surface area contributed by atoms with Gasteiger partial charge in [0.2, 0.25) is 5.91 Å². The predicted molar refractivity (Wildman–Crippen MR) is 104 cm³/mol. The van der Waals surface area contributed by atoms with Crippen LogP contribution in [0.1, 0.15) is 18.4 Å². The van der Waals surface area contributed by atoms with Gasteiger partial charge < -0.3 is 20.1 Å². The van der Waals surface area contributed by atoms with Crippen LogP contribution >= 0.6 is 11.6 Å². The smallest absolute Gasteiger partial charge is 0.407 e. The van der Waals surface area contributed by atoms with Crippen LogP contribution in [0.15, 0.2) is 54.6 Å². The highest BCUT2D eigenvalue weighted by Crippen LogP contribution is 2.15. The van der Waals surface area contributed by atoms with Crippen LogP contribution in [-0.4, -0.2) is 31.7 Å². The highest BCUT2D eigenvalue weighted by atomic mass is 35.5. The van der Waals surface area contributed by atoms with Crippen LogP contribution in [0.2, 0.25) is 5.02 Å². The maximum Gasteiger partial charge on any atom is 0.407 e. The lowest BCUT2D eigenvalue weighted by Gasteiger charge is -2.09. The lowest BCUT2D eigenvalue weighted by molar-refractivity contribution is -0.121. The van der Waals surface area contributed by atoms with Gasteiger partial charge in [-0.05, 0) is 36.2 Å². The van der Waals surface area contributed by atoms with Crippen molar-refractivity contribution in [3.63, 3.8) is 0 Å². The molecule has 0 radical (unpaired) electrons. The zero-order valence-corrected chi connectivity index (χ0v) is 15.7. The van der Waals surface area contributed by atoms with Gasteiger partial charge in [0.1, 0.15) is 19.0 Å². The molecular formula is C20H23ClN2O4. The molecule has 2 rings (SSSR count). The van der Waals surface area contributed by atoms with E-state index in [1.54, 1.807) is 24.3 Å². The maximum absolute atomic E-state index is 11.7. The number of hydrogen-bond donors (Lipinski definition) is 2. The Morgan fingerprint density at radius 2 is 1.67 bits per heavy atom. The molecular weight excluding hydrogens is 368 g/mol. The van der Waals surface area contributed by atoms with Crippen LogP contribution in [0.4, 0.5) is 4.79 Å². The number of carbonyl (C=O) groups is 2. The molecule has 27 heavy (non-hydrogen) atoms. The molecule has 0 unspecified atom stereocenters. The quantitative estimate of drug-likeness (QED) is 0.608. The summed E-state index contributed by atoms with van der Waals surface area (Å²) in [4.78, 5) is 23.3. The Morgan fingerprint density at radius 1 is 0.926 bits per heavy atom. The van der Waals surface area contributed by atoms with E-state index in [0.717, 1.165) is 5.56 Å². The average molecular weight is 391 g/mol. The number of nitrogens with one attached hydrogen (secondary N) is 2. The third-order valence-electron chi connectivity index (χ3n) is 3.57. The number of halogens is 1. The fraction of sp³-hybridized carbons (Fsp3) is 0.300. The Hall–Kier alpha value is -2.73. The van der Waals surface area contributed by atoms with Crippen molar-refractivity contribution in [3.05, 3.63) is 65.2 Å². The van der Waals surface area contributed by atoms with Gasteiger partial charge in [-0.25, -0.2) is 4.79 Å². The highest BCUT2D eigenvalue weighted by molar-refractivity contribution is 6.30. The van der Waals surface area contributed by atoms with Crippen molar-refractivity contribution in [3.8, 4) is 5.75 Å². The van der Waals surface area contributed by atoms with Crippen molar-refractivity contribution in [2.45, 2.75) is 19.4 Å². The lowest BCUT2D eigenvalue weighted by atomic mass is 10.2. The molecule has 0 spiro atoms. The second-order valence-corrected chi connectivity index (χ2v) is 6.18. The molecule has 0 saturated heterocycles. The van der Waals surface area contributed by atoms with Crippen LogP contribution in [-0.2, 0) is 16.1 Å². The highest BCUT2D eigenvalue weighted by Gasteiger charge is 2.04. The molecule has 0 aliphatic heterocycles. The van der Waals surface area contributed by atoms with E-state index in [1.165, 1.54) is 0 Å². The van der Waals surface area contributed by atoms with Gasteiger partial charge in [0, 0.05) is 18.0 Å². The van der Waals surface area contributed by atoms with Gasteiger partial charge in [-0.1, -0.05) is 41.9 Å². The lowest BCUT2D eigenvalue weighted by Crippen LogP contribution is -2.30. The molecule has 0 fully saturated rings. The van der Waals surface area contributed by atoms with E-state index in [1.807, 2.05) is 30.3 Å². The number of ether oxygens (including phenoxy) is 2. The molecule has 0 heterocycles. The SMILES string of the molecule is O=C(CCCNC(=O)OCc1ccccc1)NCCOc1ccc(Cl)cc1. The second kappa shape index (κ2) is 11.8. The van der Waals surface area contributed by atoms with Crippen molar-refractivity contribution in [2.24, 2.45) is 0 Å². The Morgan fingerprint density at radius 3 is 2.41 bits per heavy atom. The summed E-state index contributed by atoms with van der Waals surface area (Å²) in [6, 6.07) is 16.5. The van der Waals surface area contributed by atoms with Gasteiger partial charge in [-0.3, -0.25) is 4.79 Å². The van der Waals surface area contributed by atoms with Crippen molar-refractivity contribution in [1.82, 2.24) is 10.6 Å². The van der Waals surface area contributed by atoms with Crippen molar-refractivity contribution in [1.29, 1.82) is 0 Å². The molecule has 0 bridgehead atoms. The van der Waals surface area contributed by atoms with Crippen LogP contribution in [0.3, 0.4) is 0 Å². The third-order valence-corrected chi connectivity index (χ3v) is 3.82. The summed E-state index contributed by atoms with van der Waals surface area (Å²) in [5.74, 6) is 0.612. The first-order valence-corrected chi connectivity index (χ1v) is 9.11. The van der Waals surface area contributed by atoms with E-state index in [2.05, 4.69) is 10.6 Å². The molecule has 6 nitrogen and oxygen atoms in total. The monoisotopic (exact) mass is 390 g/mol. The molecule has 144 valence electrons.